The van der Waals surface area contributed by atoms with Crippen LogP contribution in [0.5, 0.6) is 0 Å². The zero-order valence-corrected chi connectivity index (χ0v) is 23.6. The second kappa shape index (κ2) is 11.5. The van der Waals surface area contributed by atoms with Gasteiger partial charge in [0.25, 0.3) is 11.8 Å². The third-order valence-corrected chi connectivity index (χ3v) is 7.72. The molecule has 0 saturated carbocycles. The molecule has 5 N–H and O–H groups in total. The molecule has 1 saturated heterocycles. The Labute approximate surface area is 233 Å². The van der Waals surface area contributed by atoms with Crippen molar-refractivity contribution in [1.29, 1.82) is 0 Å². The lowest BCUT2D eigenvalue weighted by atomic mass is 9.79. The Hall–Kier alpha value is -3.58. The molecule has 1 unspecified atom stereocenters. The fourth-order valence-corrected chi connectivity index (χ4v) is 5.34. The minimum absolute atomic E-state index is 0.140. The molecule has 4 rings (SSSR count). The molecule has 0 spiro atoms. The summed E-state index contributed by atoms with van der Waals surface area (Å²) in [4.78, 5) is 19.2. The zero-order chi connectivity index (χ0) is 29.1. The van der Waals surface area contributed by atoms with Crippen LogP contribution in [0, 0.1) is 0 Å². The van der Waals surface area contributed by atoms with Crippen LogP contribution in [0.1, 0.15) is 39.5 Å². The number of nitrogens with two attached hydrogens (primary N) is 1. The maximum atomic E-state index is 13.6. The maximum absolute atomic E-state index is 13.6. The number of amides is 1. The number of nitrogens with one attached hydrogen (secondary N) is 3. The highest BCUT2D eigenvalue weighted by molar-refractivity contribution is 7.92. The molecule has 1 aromatic rings. The number of fused-ring (bicyclic) bond motifs is 1. The molecule has 40 heavy (non-hydrogen) atoms. The van der Waals surface area contributed by atoms with Gasteiger partial charge in [0.2, 0.25) is 10.0 Å². The van der Waals surface area contributed by atoms with Crippen molar-refractivity contribution in [3.8, 4) is 0 Å². The average Bonchev–Trinajstić information content (AvgIpc) is 3.24. The molecule has 1 aliphatic carbocycles. The van der Waals surface area contributed by atoms with Crippen molar-refractivity contribution in [2.45, 2.75) is 51.0 Å². The van der Waals surface area contributed by atoms with Crippen LogP contribution in [0.25, 0.3) is 0 Å². The van der Waals surface area contributed by atoms with Crippen molar-refractivity contribution in [2.24, 2.45) is 10.8 Å². The highest BCUT2D eigenvalue weighted by atomic mass is 32.2. The number of hydrogen-bond donors (Lipinski definition) is 4. The normalized spacial score (nSPS) is 23.4. The molecule has 1 fully saturated rings. The minimum atomic E-state index is -3.47. The number of pyridine rings is 1. The number of nitrogens with zero attached hydrogens (tertiary/aromatic N) is 3. The number of anilines is 2. The Kier molecular flexibility index (Phi) is 8.45. The van der Waals surface area contributed by atoms with Crippen LogP contribution in [0.2, 0.25) is 0 Å². The molecule has 1 aromatic heterocycles. The van der Waals surface area contributed by atoms with E-state index in [4.69, 9.17) is 5.73 Å². The van der Waals surface area contributed by atoms with Crippen LogP contribution in [0.4, 0.5) is 20.3 Å². The van der Waals surface area contributed by atoms with E-state index in [9.17, 15) is 22.0 Å². The van der Waals surface area contributed by atoms with E-state index in [1.165, 1.54) is 18.5 Å². The largest absolute Gasteiger partial charge is 0.404 e. The number of sulfonamides is 1. The number of hydrogen-bond acceptors (Lipinski definition) is 8. The highest BCUT2D eigenvalue weighted by Gasteiger charge is 2.41. The predicted octanol–water partition coefficient (Wildman–Crippen LogP) is 3.28. The number of likely N-dealkylation sites (tertiary alicyclic amines) is 1. The quantitative estimate of drug-likeness (QED) is 0.331. The Balaban J connectivity index is 1.48. The Bertz CT molecular complexity index is 1410. The fraction of sp³-hybridized carbons (Fsp3) is 0.444. The van der Waals surface area contributed by atoms with Gasteiger partial charge in [-0.25, -0.2) is 22.2 Å². The third-order valence-electron chi connectivity index (χ3n) is 7.14. The van der Waals surface area contributed by atoms with Gasteiger partial charge in [0.05, 0.1) is 23.7 Å². The summed E-state index contributed by atoms with van der Waals surface area (Å²) < 4.78 is 52.2. The maximum Gasteiger partial charge on any atom is 0.276 e. The molecule has 3 aliphatic rings. The van der Waals surface area contributed by atoms with E-state index >= 15 is 0 Å². The van der Waals surface area contributed by atoms with E-state index in [-0.39, 0.29) is 24.4 Å². The summed E-state index contributed by atoms with van der Waals surface area (Å²) in [7, 11) is -3.47. The zero-order valence-electron chi connectivity index (χ0n) is 22.8. The topological polar surface area (TPSA) is 142 Å². The van der Waals surface area contributed by atoms with Crippen LogP contribution in [-0.4, -0.2) is 67.3 Å². The lowest BCUT2D eigenvalue weighted by Crippen LogP contribution is -2.40. The first-order valence-electron chi connectivity index (χ1n) is 13.1. The number of carbonyl (C=O) groups is 1. The van der Waals surface area contributed by atoms with Gasteiger partial charge < -0.3 is 11.1 Å². The smallest absolute Gasteiger partial charge is 0.276 e. The van der Waals surface area contributed by atoms with Gasteiger partial charge >= 0.3 is 0 Å². The van der Waals surface area contributed by atoms with Crippen molar-refractivity contribution in [3.05, 3.63) is 65.1 Å². The standard InChI is InChI=1S/C27H35F2N7O3S/c1-4-19(13-18(15-30)17-36-11-9-27(28,29)10-12-36)20-7-8-26(2)22(14-20)24(33-35-26)25(37)32-21-5-6-23(31-16-21)34-40(3,38)39/h5-7,13-16,35H,4,8-12,17,30H2,1-3H3,(H,31,34)(H,32,37)/b18-15+,19-13+. The molecule has 0 bridgehead atoms. The Morgan fingerprint density at radius 1 is 1.27 bits per heavy atom. The summed E-state index contributed by atoms with van der Waals surface area (Å²) >= 11 is 0. The number of rotatable bonds is 9. The van der Waals surface area contributed by atoms with Crippen LogP contribution < -0.4 is 21.2 Å². The molecule has 10 nitrogen and oxygen atoms in total. The van der Waals surface area contributed by atoms with E-state index in [1.54, 1.807) is 6.07 Å². The number of alkyl halides is 2. The average molecular weight is 576 g/mol. The number of carbonyl (C=O) groups excluding carboxylic acids is 1. The molecule has 0 aromatic carbocycles. The van der Waals surface area contributed by atoms with Crippen molar-refractivity contribution < 1.29 is 22.0 Å². The van der Waals surface area contributed by atoms with Gasteiger partial charge in [-0.2, -0.15) is 5.10 Å². The van der Waals surface area contributed by atoms with Gasteiger partial charge in [-0.1, -0.05) is 19.1 Å². The van der Waals surface area contributed by atoms with Crippen molar-refractivity contribution >= 4 is 33.1 Å². The van der Waals surface area contributed by atoms with Crippen LogP contribution in [0.3, 0.4) is 0 Å². The Morgan fingerprint density at radius 2 is 2.00 bits per heavy atom. The summed E-state index contributed by atoms with van der Waals surface area (Å²) in [6, 6.07) is 3.00. The van der Waals surface area contributed by atoms with Gasteiger partial charge in [-0.05, 0) is 60.9 Å². The first kappa shape index (κ1) is 29.4. The first-order chi connectivity index (χ1) is 18.8. The van der Waals surface area contributed by atoms with Crippen LogP contribution in [-0.2, 0) is 14.8 Å². The molecule has 0 radical (unpaired) electrons. The SMILES string of the molecule is CC/C(=C\C(=C/N)CN1CCC(F)(F)CC1)C1=CCC2(C)NN=C(C(=O)Nc3ccc(NS(C)(=O)=O)nc3)C2=C1. The van der Waals surface area contributed by atoms with E-state index < -0.39 is 27.4 Å². The molecule has 2 aliphatic heterocycles. The molecular weight excluding hydrogens is 540 g/mol. The summed E-state index contributed by atoms with van der Waals surface area (Å²) in [6.07, 6.45) is 10.9. The fourth-order valence-electron chi connectivity index (χ4n) is 4.83. The van der Waals surface area contributed by atoms with E-state index in [1.807, 2.05) is 30.9 Å². The number of hydrazone groups is 1. The number of halogens is 2. The number of piperidine rings is 1. The summed E-state index contributed by atoms with van der Waals surface area (Å²) in [5.74, 6) is -2.89. The van der Waals surface area contributed by atoms with Gasteiger partial charge in [0.15, 0.2) is 5.71 Å². The second-order valence-corrected chi connectivity index (χ2v) is 12.2. The van der Waals surface area contributed by atoms with Crippen molar-refractivity contribution in [1.82, 2.24) is 15.3 Å². The van der Waals surface area contributed by atoms with Crippen LogP contribution >= 0.6 is 0 Å². The number of aromatic nitrogens is 1. The second-order valence-electron chi connectivity index (χ2n) is 10.5. The summed E-state index contributed by atoms with van der Waals surface area (Å²) in [5, 5.41) is 7.09. The molecule has 216 valence electrons. The molecule has 1 atom stereocenters. The lowest BCUT2D eigenvalue weighted by Gasteiger charge is -2.32. The summed E-state index contributed by atoms with van der Waals surface area (Å²) in [6.45, 7) is 5.12. The minimum Gasteiger partial charge on any atom is -0.404 e. The molecular formula is C27H35F2N7O3S. The van der Waals surface area contributed by atoms with Crippen molar-refractivity contribution in [3.63, 3.8) is 0 Å². The van der Waals surface area contributed by atoms with Gasteiger partial charge in [0, 0.05) is 38.0 Å². The van der Waals surface area contributed by atoms with E-state index in [0.29, 0.717) is 38.2 Å². The lowest BCUT2D eigenvalue weighted by molar-refractivity contribution is -0.110. The molecule has 13 heteroatoms. The van der Waals surface area contributed by atoms with Gasteiger partial charge in [0.1, 0.15) is 5.82 Å². The number of allylic oxidation sites excluding steroid dienone is 3. The third kappa shape index (κ3) is 7.13. The monoisotopic (exact) mass is 575 g/mol. The van der Waals surface area contributed by atoms with Gasteiger partial charge in [-0.3, -0.25) is 19.8 Å². The predicted molar refractivity (Wildman–Crippen MR) is 152 cm³/mol. The van der Waals surface area contributed by atoms with Crippen molar-refractivity contribution in [2.75, 3.05) is 35.9 Å². The van der Waals surface area contributed by atoms with E-state index in [0.717, 1.165) is 28.5 Å². The molecule has 3 heterocycles. The highest BCUT2D eigenvalue weighted by Crippen LogP contribution is 2.36. The molecule has 1 amide bonds. The first-order valence-corrected chi connectivity index (χ1v) is 14.9. The summed E-state index contributed by atoms with van der Waals surface area (Å²) in [5.41, 5.74) is 12.6. The Morgan fingerprint density at radius 3 is 2.60 bits per heavy atom. The van der Waals surface area contributed by atoms with E-state index in [2.05, 4.69) is 31.6 Å². The van der Waals surface area contributed by atoms with Gasteiger partial charge in [-0.15, -0.1) is 0 Å². The van der Waals surface area contributed by atoms with Crippen LogP contribution in [0.15, 0.2) is 70.2 Å².